The van der Waals surface area contributed by atoms with Crippen molar-refractivity contribution in [2.24, 2.45) is 5.92 Å². The first-order valence-electron chi connectivity index (χ1n) is 5.97. The molecular weight excluding hydrogens is 186 g/mol. The summed E-state index contributed by atoms with van der Waals surface area (Å²) in [6, 6.07) is 1.94. The second-order valence-corrected chi connectivity index (χ2v) is 4.31. The Morgan fingerprint density at radius 3 is 2.67 bits per heavy atom. The zero-order valence-electron chi connectivity index (χ0n) is 10.2. The van der Waals surface area contributed by atoms with Crippen LogP contribution < -0.4 is 5.73 Å². The van der Waals surface area contributed by atoms with Crippen molar-refractivity contribution in [3.05, 3.63) is 11.8 Å². The van der Waals surface area contributed by atoms with Crippen LogP contribution in [0.25, 0.3) is 0 Å². The molecular formula is C12H23N3. The summed E-state index contributed by atoms with van der Waals surface area (Å²) in [6.45, 7) is 7.57. The van der Waals surface area contributed by atoms with Crippen LogP contribution in [-0.4, -0.2) is 9.78 Å². The third kappa shape index (κ3) is 3.57. The van der Waals surface area contributed by atoms with E-state index in [-0.39, 0.29) is 0 Å². The Hall–Kier alpha value is -0.990. The highest BCUT2D eigenvalue weighted by atomic mass is 15.3. The van der Waals surface area contributed by atoms with Gasteiger partial charge in [-0.3, -0.25) is 4.68 Å². The monoisotopic (exact) mass is 209 g/mol. The van der Waals surface area contributed by atoms with E-state index in [1.165, 1.54) is 31.4 Å². The van der Waals surface area contributed by atoms with E-state index in [4.69, 9.17) is 5.73 Å². The minimum absolute atomic E-state index is 0.637. The topological polar surface area (TPSA) is 43.8 Å². The van der Waals surface area contributed by atoms with Crippen molar-refractivity contribution in [1.29, 1.82) is 0 Å². The van der Waals surface area contributed by atoms with Gasteiger partial charge in [0.1, 0.15) is 5.82 Å². The molecule has 3 nitrogen and oxygen atoms in total. The number of nitrogen functional groups attached to an aromatic ring is 1. The summed E-state index contributed by atoms with van der Waals surface area (Å²) < 4.78 is 2.04. The lowest BCUT2D eigenvalue weighted by Crippen LogP contribution is -2.12. The predicted octanol–water partition coefficient (Wildman–Crippen LogP) is 2.99. The maximum Gasteiger partial charge on any atom is 0.145 e. The van der Waals surface area contributed by atoms with E-state index in [9.17, 15) is 0 Å². The van der Waals surface area contributed by atoms with Crippen molar-refractivity contribution < 1.29 is 0 Å². The quantitative estimate of drug-likeness (QED) is 0.782. The molecule has 1 aromatic heterocycles. The molecule has 0 bridgehead atoms. The van der Waals surface area contributed by atoms with E-state index in [0.29, 0.717) is 5.82 Å². The number of hydrogen-bond donors (Lipinski definition) is 1. The summed E-state index contributed by atoms with van der Waals surface area (Å²) in [5, 5.41) is 4.30. The van der Waals surface area contributed by atoms with Crippen LogP contribution in [0.2, 0.25) is 0 Å². The Morgan fingerprint density at radius 2 is 2.20 bits per heavy atom. The van der Waals surface area contributed by atoms with Crippen LogP contribution in [-0.2, 0) is 6.54 Å². The molecule has 0 radical (unpaired) electrons. The average Bonchev–Trinajstić information content (AvgIpc) is 2.52. The Kier molecular flexibility index (Phi) is 4.66. The molecule has 15 heavy (non-hydrogen) atoms. The van der Waals surface area contributed by atoms with Gasteiger partial charge in [0.25, 0.3) is 0 Å². The molecule has 0 aliphatic heterocycles. The highest BCUT2D eigenvalue weighted by Crippen LogP contribution is 2.16. The molecule has 0 aliphatic carbocycles. The van der Waals surface area contributed by atoms with Crippen LogP contribution in [0, 0.1) is 12.8 Å². The number of hydrogen-bond acceptors (Lipinski definition) is 2. The molecule has 0 fully saturated rings. The minimum atomic E-state index is 0.637. The lowest BCUT2D eigenvalue weighted by molar-refractivity contribution is 0.369. The van der Waals surface area contributed by atoms with Gasteiger partial charge in [0.15, 0.2) is 0 Å². The molecule has 1 heterocycles. The van der Waals surface area contributed by atoms with E-state index in [0.717, 1.165) is 12.5 Å². The first-order chi connectivity index (χ1) is 7.17. The van der Waals surface area contributed by atoms with E-state index in [1.807, 2.05) is 10.7 Å². The zero-order valence-corrected chi connectivity index (χ0v) is 10.2. The lowest BCUT2D eigenvalue weighted by Gasteiger charge is -2.15. The first kappa shape index (κ1) is 12.1. The summed E-state index contributed by atoms with van der Waals surface area (Å²) in [5.41, 5.74) is 6.83. The van der Waals surface area contributed by atoms with Crippen molar-refractivity contribution >= 4 is 5.82 Å². The van der Waals surface area contributed by atoms with Gasteiger partial charge < -0.3 is 5.73 Å². The zero-order chi connectivity index (χ0) is 11.3. The smallest absolute Gasteiger partial charge is 0.145 e. The number of anilines is 1. The summed E-state index contributed by atoms with van der Waals surface area (Å²) in [6.07, 6.45) is 5.11. The Labute approximate surface area is 92.7 Å². The van der Waals surface area contributed by atoms with Gasteiger partial charge in [-0.15, -0.1) is 0 Å². The number of nitrogens with zero attached hydrogens (tertiary/aromatic N) is 2. The van der Waals surface area contributed by atoms with Crippen LogP contribution in [0.3, 0.4) is 0 Å². The second kappa shape index (κ2) is 5.79. The highest BCUT2D eigenvalue weighted by Gasteiger charge is 2.09. The Bertz CT molecular complexity index is 291. The molecule has 2 N–H and O–H groups in total. The van der Waals surface area contributed by atoms with Crippen molar-refractivity contribution in [3.63, 3.8) is 0 Å². The molecule has 3 heteroatoms. The van der Waals surface area contributed by atoms with Crippen LogP contribution >= 0.6 is 0 Å². The van der Waals surface area contributed by atoms with Gasteiger partial charge in [0.05, 0.1) is 0 Å². The van der Waals surface area contributed by atoms with Gasteiger partial charge >= 0.3 is 0 Å². The number of aromatic nitrogens is 2. The third-order valence-corrected chi connectivity index (χ3v) is 2.97. The van der Waals surface area contributed by atoms with Crippen LogP contribution in [0.5, 0.6) is 0 Å². The summed E-state index contributed by atoms with van der Waals surface area (Å²) >= 11 is 0. The van der Waals surface area contributed by atoms with E-state index < -0.39 is 0 Å². The fraction of sp³-hybridized carbons (Fsp3) is 0.750. The number of aryl methyl sites for hydroxylation is 1. The molecule has 0 spiro atoms. The molecule has 0 aliphatic rings. The number of nitrogens with two attached hydrogens (primary N) is 1. The average molecular weight is 209 g/mol. The minimum Gasteiger partial charge on any atom is -0.382 e. The molecule has 1 aromatic rings. The molecule has 1 unspecified atom stereocenters. The number of unbranched alkanes of at least 4 members (excludes halogenated alkanes) is 1. The van der Waals surface area contributed by atoms with E-state index in [1.54, 1.807) is 0 Å². The van der Waals surface area contributed by atoms with E-state index >= 15 is 0 Å². The van der Waals surface area contributed by atoms with Crippen molar-refractivity contribution in [2.75, 3.05) is 5.73 Å². The molecule has 0 saturated carbocycles. The normalized spacial score (nSPS) is 13.0. The van der Waals surface area contributed by atoms with Crippen molar-refractivity contribution in [3.8, 4) is 0 Å². The van der Waals surface area contributed by atoms with Gasteiger partial charge in [-0.05, 0) is 19.3 Å². The van der Waals surface area contributed by atoms with Crippen molar-refractivity contribution in [1.82, 2.24) is 9.78 Å². The third-order valence-electron chi connectivity index (χ3n) is 2.97. The SMILES string of the molecule is CCCCC(CC)Cn1nc(N)cc1C. The maximum atomic E-state index is 5.66. The fourth-order valence-corrected chi connectivity index (χ4v) is 1.88. The molecule has 86 valence electrons. The maximum absolute atomic E-state index is 5.66. The number of rotatable bonds is 6. The van der Waals surface area contributed by atoms with Crippen molar-refractivity contribution in [2.45, 2.75) is 53.0 Å². The summed E-state index contributed by atoms with van der Waals surface area (Å²) in [4.78, 5) is 0. The van der Waals surface area contributed by atoms with Gasteiger partial charge in [0, 0.05) is 18.3 Å². The molecule has 1 rings (SSSR count). The highest BCUT2D eigenvalue weighted by molar-refractivity contribution is 5.28. The molecule has 0 saturated heterocycles. The summed E-state index contributed by atoms with van der Waals surface area (Å²) in [5.74, 6) is 1.38. The van der Waals surface area contributed by atoms with Gasteiger partial charge in [0.2, 0.25) is 0 Å². The Morgan fingerprint density at radius 1 is 1.47 bits per heavy atom. The fourth-order valence-electron chi connectivity index (χ4n) is 1.88. The summed E-state index contributed by atoms with van der Waals surface area (Å²) in [7, 11) is 0. The first-order valence-corrected chi connectivity index (χ1v) is 5.97. The second-order valence-electron chi connectivity index (χ2n) is 4.31. The van der Waals surface area contributed by atoms with Gasteiger partial charge in [-0.1, -0.05) is 33.1 Å². The molecule has 1 atom stereocenters. The molecule has 0 amide bonds. The standard InChI is InChI=1S/C12H23N3/c1-4-6-7-11(5-2)9-15-10(3)8-12(13)14-15/h8,11H,4-7,9H2,1-3H3,(H2,13,14). The van der Waals surface area contributed by atoms with Crippen LogP contribution in [0.15, 0.2) is 6.07 Å². The largest absolute Gasteiger partial charge is 0.382 e. The van der Waals surface area contributed by atoms with Gasteiger partial charge in [-0.25, -0.2) is 0 Å². The lowest BCUT2D eigenvalue weighted by atomic mass is 9.99. The van der Waals surface area contributed by atoms with Crippen LogP contribution in [0.4, 0.5) is 5.82 Å². The van der Waals surface area contributed by atoms with Crippen LogP contribution in [0.1, 0.15) is 45.2 Å². The Balaban J connectivity index is 2.54. The predicted molar refractivity (Wildman–Crippen MR) is 64.7 cm³/mol. The molecule has 0 aromatic carbocycles. The van der Waals surface area contributed by atoms with Gasteiger partial charge in [-0.2, -0.15) is 5.10 Å². The van der Waals surface area contributed by atoms with E-state index in [2.05, 4.69) is 25.9 Å².